The molecule has 0 aromatic carbocycles. The maximum absolute atomic E-state index is 11.2. The number of hydrogen-bond acceptors (Lipinski definition) is 1. The van der Waals surface area contributed by atoms with Crippen LogP contribution in [0.4, 0.5) is 0 Å². The lowest BCUT2D eigenvalue weighted by Gasteiger charge is -2.38. The highest BCUT2D eigenvalue weighted by Gasteiger charge is 2.32. The molecule has 2 rings (SSSR count). The van der Waals surface area contributed by atoms with Gasteiger partial charge in [0.2, 0.25) is 0 Å². The van der Waals surface area contributed by atoms with Gasteiger partial charge in [-0.1, -0.05) is 19.4 Å². The number of rotatable bonds is 0. The molecule has 3 atom stereocenters. The van der Waals surface area contributed by atoms with Crippen molar-refractivity contribution in [2.45, 2.75) is 39.5 Å². The molecule has 0 spiro atoms. The van der Waals surface area contributed by atoms with Gasteiger partial charge in [0.05, 0.1) is 0 Å². The van der Waals surface area contributed by atoms with Gasteiger partial charge in [0.25, 0.3) is 0 Å². The smallest absolute Gasteiger partial charge is 0.155 e. The van der Waals surface area contributed by atoms with Crippen LogP contribution < -0.4 is 0 Å². The van der Waals surface area contributed by atoms with Crippen LogP contribution in [-0.2, 0) is 4.79 Å². The molecule has 0 N–H and O–H groups in total. The Morgan fingerprint density at radius 2 is 2.00 bits per heavy atom. The van der Waals surface area contributed by atoms with Crippen molar-refractivity contribution in [2.75, 3.05) is 0 Å². The minimum absolute atomic E-state index is 0.355. The summed E-state index contributed by atoms with van der Waals surface area (Å²) in [5.41, 5.74) is 1.45. The van der Waals surface area contributed by atoms with Crippen LogP contribution in [0.3, 0.4) is 0 Å². The van der Waals surface area contributed by atoms with Gasteiger partial charge in [0, 0.05) is 6.42 Å². The molecule has 1 fully saturated rings. The molecule has 13 heavy (non-hydrogen) atoms. The highest BCUT2D eigenvalue weighted by molar-refractivity contribution is 5.91. The Morgan fingerprint density at radius 3 is 2.77 bits per heavy atom. The van der Waals surface area contributed by atoms with Gasteiger partial charge in [-0.25, -0.2) is 0 Å². The zero-order chi connectivity index (χ0) is 9.42. The van der Waals surface area contributed by atoms with E-state index in [0.717, 1.165) is 30.6 Å². The first-order chi connectivity index (χ1) is 6.18. The van der Waals surface area contributed by atoms with Gasteiger partial charge in [0.15, 0.2) is 5.78 Å². The van der Waals surface area contributed by atoms with Crippen LogP contribution in [0.15, 0.2) is 11.6 Å². The first kappa shape index (κ1) is 8.98. The second-order valence-corrected chi connectivity index (χ2v) is 4.71. The zero-order valence-corrected chi connectivity index (χ0v) is 8.55. The maximum atomic E-state index is 11.2. The van der Waals surface area contributed by atoms with Gasteiger partial charge in [-0.05, 0) is 43.1 Å². The highest BCUT2D eigenvalue weighted by atomic mass is 16.1. The van der Waals surface area contributed by atoms with Crippen LogP contribution in [0.2, 0.25) is 0 Å². The van der Waals surface area contributed by atoms with Crippen molar-refractivity contribution in [1.29, 1.82) is 0 Å². The fourth-order valence-corrected chi connectivity index (χ4v) is 2.78. The molecule has 72 valence electrons. The summed E-state index contributed by atoms with van der Waals surface area (Å²) >= 11 is 0. The van der Waals surface area contributed by atoms with Crippen LogP contribution in [-0.4, -0.2) is 5.78 Å². The molecule has 0 radical (unpaired) electrons. The monoisotopic (exact) mass is 178 g/mol. The van der Waals surface area contributed by atoms with Crippen molar-refractivity contribution in [1.82, 2.24) is 0 Å². The lowest BCUT2D eigenvalue weighted by atomic mass is 9.67. The third-order valence-electron chi connectivity index (χ3n) is 3.94. The molecule has 0 saturated heterocycles. The Kier molecular flexibility index (Phi) is 2.27. The predicted octanol–water partition coefficient (Wildman–Crippen LogP) is 2.96. The molecule has 2 unspecified atom stereocenters. The van der Waals surface area contributed by atoms with Gasteiger partial charge in [-0.2, -0.15) is 0 Å². The van der Waals surface area contributed by atoms with Gasteiger partial charge < -0.3 is 0 Å². The molecule has 2 aliphatic rings. The number of carbonyl (C=O) groups is 1. The number of allylic oxidation sites excluding steroid dienone is 2. The van der Waals surface area contributed by atoms with Gasteiger partial charge in [-0.3, -0.25) is 4.79 Å². The molecule has 1 heteroatoms. The van der Waals surface area contributed by atoms with Crippen LogP contribution in [0.1, 0.15) is 39.5 Å². The number of ketones is 1. The van der Waals surface area contributed by atoms with E-state index in [1.54, 1.807) is 0 Å². The van der Waals surface area contributed by atoms with Crippen molar-refractivity contribution < 1.29 is 4.79 Å². The summed E-state index contributed by atoms with van der Waals surface area (Å²) in [6, 6.07) is 0. The van der Waals surface area contributed by atoms with Crippen molar-refractivity contribution in [3.05, 3.63) is 11.6 Å². The third-order valence-corrected chi connectivity index (χ3v) is 3.94. The Hall–Kier alpha value is -0.590. The van der Waals surface area contributed by atoms with Gasteiger partial charge in [0.1, 0.15) is 0 Å². The Morgan fingerprint density at radius 1 is 1.23 bits per heavy atom. The highest BCUT2D eigenvalue weighted by Crippen LogP contribution is 2.42. The van der Waals surface area contributed by atoms with Crippen molar-refractivity contribution in [3.8, 4) is 0 Å². The normalized spacial score (nSPS) is 39.7. The molecule has 1 saturated carbocycles. The van der Waals surface area contributed by atoms with E-state index in [1.807, 2.05) is 6.08 Å². The van der Waals surface area contributed by atoms with E-state index in [4.69, 9.17) is 0 Å². The summed E-state index contributed by atoms with van der Waals surface area (Å²) in [6.45, 7) is 4.69. The molecule has 0 aliphatic heterocycles. The molecule has 0 heterocycles. The number of fused-ring (bicyclic) bond motifs is 1. The first-order valence-corrected chi connectivity index (χ1v) is 5.42. The van der Waals surface area contributed by atoms with Crippen LogP contribution in [0.5, 0.6) is 0 Å². The average Bonchev–Trinajstić information content (AvgIpc) is 2.12. The molecule has 2 aliphatic carbocycles. The summed E-state index contributed by atoms with van der Waals surface area (Å²) in [6.07, 6.45) is 6.26. The molecule has 1 nitrogen and oxygen atoms in total. The van der Waals surface area contributed by atoms with E-state index in [2.05, 4.69) is 13.8 Å². The first-order valence-electron chi connectivity index (χ1n) is 5.42. The molecular formula is C12H18O. The second-order valence-electron chi connectivity index (χ2n) is 4.71. The molecule has 0 aromatic rings. The fraction of sp³-hybridized carbons (Fsp3) is 0.750. The van der Waals surface area contributed by atoms with Crippen molar-refractivity contribution in [3.63, 3.8) is 0 Å². The van der Waals surface area contributed by atoms with E-state index in [9.17, 15) is 4.79 Å². The minimum atomic E-state index is 0.355. The molecule has 0 aromatic heterocycles. The second kappa shape index (κ2) is 3.28. The molecule has 0 bridgehead atoms. The van der Waals surface area contributed by atoms with Gasteiger partial charge >= 0.3 is 0 Å². The summed E-state index contributed by atoms with van der Waals surface area (Å²) in [7, 11) is 0. The Bertz CT molecular complexity index is 252. The third kappa shape index (κ3) is 1.56. The van der Waals surface area contributed by atoms with E-state index in [-0.39, 0.29) is 0 Å². The summed E-state index contributed by atoms with van der Waals surface area (Å²) in [5, 5.41) is 0. The van der Waals surface area contributed by atoms with E-state index in [0.29, 0.717) is 5.78 Å². The number of carbonyl (C=O) groups excluding carboxylic acids is 1. The van der Waals surface area contributed by atoms with Crippen molar-refractivity contribution >= 4 is 5.78 Å². The summed E-state index contributed by atoms with van der Waals surface area (Å²) < 4.78 is 0. The standard InChI is InChI=1S/C12H18O/c1-8-3-4-10-7-11(13)5-6-12(10)9(8)2/h7-9,12H,3-6H2,1-2H3/t8?,9?,12-/m1/s1. The van der Waals surface area contributed by atoms with Crippen LogP contribution in [0, 0.1) is 17.8 Å². The Balaban J connectivity index is 2.21. The number of hydrogen-bond donors (Lipinski definition) is 0. The zero-order valence-electron chi connectivity index (χ0n) is 8.55. The quantitative estimate of drug-likeness (QED) is 0.557. The Labute approximate surface area is 80.2 Å². The topological polar surface area (TPSA) is 17.1 Å². The lowest BCUT2D eigenvalue weighted by molar-refractivity contribution is -0.115. The minimum Gasteiger partial charge on any atom is -0.295 e. The summed E-state index contributed by atoms with van der Waals surface area (Å²) in [4.78, 5) is 11.2. The largest absolute Gasteiger partial charge is 0.295 e. The fourth-order valence-electron chi connectivity index (χ4n) is 2.78. The molecule has 0 amide bonds. The average molecular weight is 178 g/mol. The lowest BCUT2D eigenvalue weighted by Crippen LogP contribution is -2.29. The van der Waals surface area contributed by atoms with E-state index >= 15 is 0 Å². The van der Waals surface area contributed by atoms with E-state index in [1.165, 1.54) is 18.4 Å². The van der Waals surface area contributed by atoms with Crippen LogP contribution >= 0.6 is 0 Å². The van der Waals surface area contributed by atoms with Gasteiger partial charge in [-0.15, -0.1) is 0 Å². The van der Waals surface area contributed by atoms with Crippen molar-refractivity contribution in [2.24, 2.45) is 17.8 Å². The van der Waals surface area contributed by atoms with Crippen LogP contribution in [0.25, 0.3) is 0 Å². The predicted molar refractivity (Wildman–Crippen MR) is 53.4 cm³/mol. The van der Waals surface area contributed by atoms with E-state index < -0.39 is 0 Å². The SMILES string of the molecule is CC1CCC2=CC(=O)CC[C@@H]2C1C. The summed E-state index contributed by atoms with van der Waals surface area (Å²) in [5.74, 6) is 2.71. The molecular weight excluding hydrogens is 160 g/mol. The maximum Gasteiger partial charge on any atom is 0.155 e.